The molecular formula is C22H23FN6O. The molecule has 7 nitrogen and oxygen atoms in total. The first-order chi connectivity index (χ1) is 14.6. The maximum absolute atomic E-state index is 14.2. The lowest BCUT2D eigenvalue weighted by atomic mass is 10.2. The van der Waals surface area contributed by atoms with Crippen LogP contribution >= 0.6 is 0 Å². The van der Waals surface area contributed by atoms with Gasteiger partial charge < -0.3 is 15.0 Å². The van der Waals surface area contributed by atoms with E-state index in [0.717, 1.165) is 34.5 Å². The number of hydrogen-bond donors (Lipinski definition) is 1. The lowest BCUT2D eigenvalue weighted by molar-refractivity contribution is 0.411. The highest BCUT2D eigenvalue weighted by Crippen LogP contribution is 2.31. The van der Waals surface area contributed by atoms with E-state index in [0.29, 0.717) is 18.0 Å². The largest absolute Gasteiger partial charge is 0.497 e. The van der Waals surface area contributed by atoms with E-state index in [9.17, 15) is 4.39 Å². The molecule has 0 bridgehead atoms. The molecule has 4 rings (SSSR count). The first-order valence-corrected chi connectivity index (χ1v) is 9.60. The Balaban J connectivity index is 1.78. The van der Waals surface area contributed by atoms with Gasteiger partial charge in [-0.2, -0.15) is 5.10 Å². The predicted molar refractivity (Wildman–Crippen MR) is 116 cm³/mol. The molecule has 30 heavy (non-hydrogen) atoms. The first kappa shape index (κ1) is 19.8. The van der Waals surface area contributed by atoms with Gasteiger partial charge in [-0.3, -0.25) is 9.67 Å². The summed E-state index contributed by atoms with van der Waals surface area (Å²) in [5, 5.41) is 7.35. The number of aromatic nitrogens is 4. The van der Waals surface area contributed by atoms with Gasteiger partial charge in [0.25, 0.3) is 0 Å². The van der Waals surface area contributed by atoms with Crippen molar-refractivity contribution < 1.29 is 9.13 Å². The zero-order valence-electron chi connectivity index (χ0n) is 17.1. The van der Waals surface area contributed by atoms with Gasteiger partial charge >= 0.3 is 0 Å². The summed E-state index contributed by atoms with van der Waals surface area (Å²) in [6, 6.07) is 10.5. The average molecular weight is 406 g/mol. The van der Waals surface area contributed by atoms with Crippen LogP contribution in [0.1, 0.15) is 0 Å². The van der Waals surface area contributed by atoms with Crippen LogP contribution in [0.15, 0.2) is 55.0 Å². The molecule has 0 spiro atoms. The van der Waals surface area contributed by atoms with Gasteiger partial charge in [0.15, 0.2) is 0 Å². The fourth-order valence-corrected chi connectivity index (χ4v) is 3.31. The Kier molecular flexibility index (Phi) is 5.58. The van der Waals surface area contributed by atoms with Crippen LogP contribution < -0.4 is 15.0 Å². The van der Waals surface area contributed by atoms with Crippen molar-refractivity contribution in [3.63, 3.8) is 0 Å². The smallest absolute Gasteiger partial charge is 0.128 e. The molecule has 0 saturated heterocycles. The normalized spacial score (nSPS) is 11.1. The van der Waals surface area contributed by atoms with Crippen LogP contribution in [0, 0.1) is 5.82 Å². The number of anilines is 2. The van der Waals surface area contributed by atoms with Crippen molar-refractivity contribution >= 4 is 22.4 Å². The highest BCUT2D eigenvalue weighted by molar-refractivity contribution is 5.82. The van der Waals surface area contributed by atoms with Crippen LogP contribution in [0.3, 0.4) is 0 Å². The number of ether oxygens (including phenoxy) is 1. The summed E-state index contributed by atoms with van der Waals surface area (Å²) in [5.41, 5.74) is 4.80. The van der Waals surface area contributed by atoms with E-state index in [4.69, 9.17) is 9.72 Å². The maximum atomic E-state index is 14.2. The number of hydrogen-bond acceptors (Lipinski definition) is 6. The Morgan fingerprint density at radius 3 is 2.70 bits per heavy atom. The van der Waals surface area contributed by atoms with Crippen molar-refractivity contribution in [3.8, 4) is 17.0 Å². The standard InChI is InChI=1S/C22H23FN6O/c1-24-6-7-29(18-8-16(23)9-19(10-18)30-3)17-4-5-20-21(11-17)27-22(13-25-20)15-12-26-28(2)14-15/h4-5,8-14,24H,6-7H2,1-3H3. The molecule has 0 aliphatic rings. The molecule has 154 valence electrons. The van der Waals surface area contributed by atoms with Gasteiger partial charge in [0.2, 0.25) is 0 Å². The topological polar surface area (TPSA) is 68.1 Å². The second-order valence-electron chi connectivity index (χ2n) is 6.94. The summed E-state index contributed by atoms with van der Waals surface area (Å²) >= 11 is 0. The van der Waals surface area contributed by atoms with Crippen LogP contribution in [0.4, 0.5) is 15.8 Å². The SMILES string of the molecule is CNCCN(c1cc(F)cc(OC)c1)c1ccc2ncc(-c3cnn(C)c3)nc2c1. The fourth-order valence-electron chi connectivity index (χ4n) is 3.31. The molecule has 0 unspecified atom stereocenters. The molecule has 0 aliphatic heterocycles. The van der Waals surface area contributed by atoms with Crippen molar-refractivity contribution in [2.75, 3.05) is 32.1 Å². The highest BCUT2D eigenvalue weighted by Gasteiger charge is 2.14. The number of methoxy groups -OCH3 is 1. The quantitative estimate of drug-likeness (QED) is 0.506. The van der Waals surface area contributed by atoms with Gasteiger partial charge in [-0.25, -0.2) is 9.37 Å². The van der Waals surface area contributed by atoms with Crippen molar-refractivity contribution in [1.29, 1.82) is 0 Å². The average Bonchev–Trinajstić information content (AvgIpc) is 3.19. The van der Waals surface area contributed by atoms with Gasteiger partial charge in [-0.15, -0.1) is 0 Å². The summed E-state index contributed by atoms with van der Waals surface area (Å²) in [6.45, 7) is 1.36. The maximum Gasteiger partial charge on any atom is 0.128 e. The van der Waals surface area contributed by atoms with Crippen molar-refractivity contribution in [2.45, 2.75) is 0 Å². The molecule has 2 aromatic carbocycles. The Morgan fingerprint density at radius 1 is 1.10 bits per heavy atom. The summed E-state index contributed by atoms with van der Waals surface area (Å²) < 4.78 is 21.1. The monoisotopic (exact) mass is 406 g/mol. The minimum Gasteiger partial charge on any atom is -0.497 e. The van der Waals surface area contributed by atoms with E-state index in [2.05, 4.69) is 15.4 Å². The number of benzene rings is 2. The predicted octanol–water partition coefficient (Wildman–Crippen LogP) is 3.54. The zero-order chi connectivity index (χ0) is 21.1. The van der Waals surface area contributed by atoms with E-state index in [-0.39, 0.29) is 5.82 Å². The molecule has 4 aromatic rings. The van der Waals surface area contributed by atoms with E-state index in [1.165, 1.54) is 19.2 Å². The van der Waals surface area contributed by atoms with E-state index in [1.807, 2.05) is 49.5 Å². The minimum atomic E-state index is -0.349. The van der Waals surface area contributed by atoms with Crippen LogP contribution in [0.5, 0.6) is 5.75 Å². The van der Waals surface area contributed by atoms with Crippen LogP contribution in [-0.2, 0) is 7.05 Å². The lowest BCUT2D eigenvalue weighted by Crippen LogP contribution is -2.27. The van der Waals surface area contributed by atoms with Gasteiger partial charge in [-0.1, -0.05) is 0 Å². The van der Waals surface area contributed by atoms with Gasteiger partial charge in [0.1, 0.15) is 11.6 Å². The van der Waals surface area contributed by atoms with Crippen molar-refractivity contribution in [1.82, 2.24) is 25.1 Å². The molecule has 0 fully saturated rings. The molecule has 0 aliphatic carbocycles. The Bertz CT molecular complexity index is 1180. The van der Waals surface area contributed by atoms with Gasteiger partial charge in [-0.05, 0) is 31.3 Å². The molecule has 0 amide bonds. The van der Waals surface area contributed by atoms with Crippen LogP contribution in [0.2, 0.25) is 0 Å². The number of nitrogens with zero attached hydrogens (tertiary/aromatic N) is 5. The Hall–Kier alpha value is -3.52. The molecule has 8 heteroatoms. The number of halogens is 1. The Morgan fingerprint density at radius 2 is 1.97 bits per heavy atom. The third-order valence-corrected chi connectivity index (χ3v) is 4.83. The fraction of sp³-hybridized carbons (Fsp3) is 0.227. The first-order valence-electron chi connectivity index (χ1n) is 9.60. The third-order valence-electron chi connectivity index (χ3n) is 4.83. The summed E-state index contributed by atoms with van der Waals surface area (Å²) in [5.74, 6) is 0.122. The zero-order valence-corrected chi connectivity index (χ0v) is 17.1. The molecular weight excluding hydrogens is 383 g/mol. The van der Waals surface area contributed by atoms with Crippen LogP contribution in [-0.4, -0.2) is 47.0 Å². The molecule has 0 radical (unpaired) electrons. The van der Waals surface area contributed by atoms with E-state index in [1.54, 1.807) is 17.1 Å². The Labute approximate surface area is 174 Å². The number of likely N-dealkylation sites (N-methyl/N-ethyl adjacent to an activating group) is 1. The van der Waals surface area contributed by atoms with Gasteiger partial charge in [0, 0.05) is 55.4 Å². The molecule has 0 atom stereocenters. The third kappa shape index (κ3) is 4.08. The molecule has 1 N–H and O–H groups in total. The minimum absolute atomic E-state index is 0.349. The summed E-state index contributed by atoms with van der Waals surface area (Å²) in [7, 11) is 5.28. The van der Waals surface area contributed by atoms with E-state index >= 15 is 0 Å². The number of aryl methyl sites for hydroxylation is 1. The molecule has 2 aromatic heterocycles. The van der Waals surface area contributed by atoms with Gasteiger partial charge in [0.05, 0.1) is 36.2 Å². The van der Waals surface area contributed by atoms with Crippen molar-refractivity contribution in [2.24, 2.45) is 7.05 Å². The second kappa shape index (κ2) is 8.46. The lowest BCUT2D eigenvalue weighted by Gasteiger charge is -2.25. The van der Waals surface area contributed by atoms with Crippen LogP contribution in [0.25, 0.3) is 22.3 Å². The summed E-state index contributed by atoms with van der Waals surface area (Å²) in [6.07, 6.45) is 5.41. The van der Waals surface area contributed by atoms with E-state index < -0.39 is 0 Å². The number of rotatable bonds is 7. The van der Waals surface area contributed by atoms with Crippen molar-refractivity contribution in [3.05, 3.63) is 60.8 Å². The summed E-state index contributed by atoms with van der Waals surface area (Å²) in [4.78, 5) is 11.3. The number of fused-ring (bicyclic) bond motifs is 1. The number of nitrogens with one attached hydrogen (secondary N) is 1. The molecule has 0 saturated carbocycles. The molecule has 2 heterocycles. The highest BCUT2D eigenvalue weighted by atomic mass is 19.1. The second-order valence-corrected chi connectivity index (χ2v) is 6.94.